The zero-order chi connectivity index (χ0) is 22.3. The van der Waals surface area contributed by atoms with Crippen molar-refractivity contribution in [1.29, 1.82) is 0 Å². The lowest BCUT2D eigenvalue weighted by molar-refractivity contribution is 0.0526. The molecule has 1 heterocycles. The zero-order valence-corrected chi connectivity index (χ0v) is 18.3. The molecule has 0 bridgehead atoms. The van der Waals surface area contributed by atoms with Crippen molar-refractivity contribution >= 4 is 16.0 Å². The highest BCUT2D eigenvalue weighted by Crippen LogP contribution is 2.19. The molecule has 0 radical (unpaired) electrons. The van der Waals surface area contributed by atoms with Crippen molar-refractivity contribution in [2.75, 3.05) is 45.9 Å². The molecule has 1 aliphatic rings. The molecule has 3 rings (SSSR count). The maximum Gasteiger partial charge on any atom is 0.338 e. The van der Waals surface area contributed by atoms with E-state index in [0.29, 0.717) is 44.1 Å². The van der Waals surface area contributed by atoms with E-state index in [0.717, 1.165) is 13.0 Å². The van der Waals surface area contributed by atoms with Crippen molar-refractivity contribution < 1.29 is 27.1 Å². The second kappa shape index (κ2) is 10.7. The Balaban J connectivity index is 1.44. The zero-order valence-electron chi connectivity index (χ0n) is 17.5. The predicted octanol–water partition coefficient (Wildman–Crippen LogP) is 2.78. The number of carbonyl (C=O) groups is 1. The van der Waals surface area contributed by atoms with Gasteiger partial charge < -0.3 is 14.4 Å². The molecule has 2 aromatic carbocycles. The van der Waals surface area contributed by atoms with Crippen LogP contribution < -0.4 is 4.74 Å². The molecule has 0 aliphatic carbocycles. The number of sulfonamides is 1. The fourth-order valence-corrected chi connectivity index (χ4v) is 4.75. The first kappa shape index (κ1) is 23.2. The van der Waals surface area contributed by atoms with Crippen molar-refractivity contribution in [3.05, 3.63) is 59.9 Å². The van der Waals surface area contributed by atoms with Gasteiger partial charge in [-0.3, -0.25) is 0 Å². The highest BCUT2D eigenvalue weighted by atomic mass is 32.2. The molecular weight excluding hydrogens is 423 g/mol. The van der Waals surface area contributed by atoms with E-state index in [2.05, 4.69) is 4.90 Å². The summed E-state index contributed by atoms with van der Waals surface area (Å²) < 4.78 is 50.7. The van der Waals surface area contributed by atoms with Gasteiger partial charge in [0.1, 0.15) is 11.6 Å². The summed E-state index contributed by atoms with van der Waals surface area (Å²) in [6.07, 6.45) is 0.791. The van der Waals surface area contributed by atoms with Crippen LogP contribution in [-0.4, -0.2) is 69.5 Å². The summed E-state index contributed by atoms with van der Waals surface area (Å²) in [4.78, 5) is 14.1. The van der Waals surface area contributed by atoms with Crippen LogP contribution in [0, 0.1) is 5.82 Å². The maximum absolute atomic E-state index is 12.9. The topological polar surface area (TPSA) is 76.2 Å². The van der Waals surface area contributed by atoms with Crippen LogP contribution in [0.3, 0.4) is 0 Å². The Morgan fingerprint density at radius 3 is 2.26 bits per heavy atom. The number of esters is 1. The Hall–Kier alpha value is -2.49. The van der Waals surface area contributed by atoms with Gasteiger partial charge in [-0.2, -0.15) is 4.31 Å². The van der Waals surface area contributed by atoms with Crippen LogP contribution in [0.2, 0.25) is 0 Å². The fourth-order valence-electron chi connectivity index (χ4n) is 3.33. The fraction of sp³-hybridized carbons (Fsp3) is 0.409. The molecule has 0 unspecified atom stereocenters. The van der Waals surface area contributed by atoms with E-state index < -0.39 is 16.0 Å². The van der Waals surface area contributed by atoms with Crippen LogP contribution in [0.1, 0.15) is 23.7 Å². The summed E-state index contributed by atoms with van der Waals surface area (Å²) in [5, 5.41) is 0. The molecule has 0 aromatic heterocycles. The molecule has 2 aromatic rings. The van der Waals surface area contributed by atoms with Crippen molar-refractivity contribution in [2.24, 2.45) is 0 Å². The van der Waals surface area contributed by atoms with E-state index >= 15 is 0 Å². The molecule has 168 valence electrons. The van der Waals surface area contributed by atoms with E-state index in [1.165, 1.54) is 40.7 Å². The lowest BCUT2D eigenvalue weighted by atomic mass is 10.2. The molecule has 1 fully saturated rings. The highest BCUT2D eigenvalue weighted by Gasteiger charge is 2.28. The van der Waals surface area contributed by atoms with Gasteiger partial charge in [0, 0.05) is 32.7 Å². The highest BCUT2D eigenvalue weighted by molar-refractivity contribution is 7.89. The van der Waals surface area contributed by atoms with Gasteiger partial charge in [0.25, 0.3) is 0 Å². The Bertz CT molecular complexity index is 956. The van der Waals surface area contributed by atoms with Gasteiger partial charge in [-0.1, -0.05) is 0 Å². The number of nitrogens with zero attached hydrogens (tertiary/aromatic N) is 2. The van der Waals surface area contributed by atoms with E-state index in [1.54, 1.807) is 19.1 Å². The summed E-state index contributed by atoms with van der Waals surface area (Å²) >= 11 is 0. The van der Waals surface area contributed by atoms with Crippen LogP contribution >= 0.6 is 0 Å². The van der Waals surface area contributed by atoms with Gasteiger partial charge in [0.2, 0.25) is 10.0 Å². The van der Waals surface area contributed by atoms with Crippen molar-refractivity contribution in [3.8, 4) is 5.75 Å². The quantitative estimate of drug-likeness (QED) is 0.432. The number of ether oxygens (including phenoxy) is 2. The molecule has 7 nitrogen and oxygen atoms in total. The number of rotatable bonds is 9. The molecule has 0 saturated carbocycles. The summed E-state index contributed by atoms with van der Waals surface area (Å²) in [6.45, 7) is 5.37. The Morgan fingerprint density at radius 2 is 1.65 bits per heavy atom. The lowest BCUT2D eigenvalue weighted by Gasteiger charge is -2.34. The van der Waals surface area contributed by atoms with Crippen molar-refractivity contribution in [2.45, 2.75) is 18.2 Å². The van der Waals surface area contributed by atoms with E-state index in [4.69, 9.17) is 9.47 Å². The summed E-state index contributed by atoms with van der Waals surface area (Å²) in [5.41, 5.74) is 0.327. The molecule has 0 spiro atoms. The maximum atomic E-state index is 12.9. The Morgan fingerprint density at radius 1 is 1.00 bits per heavy atom. The minimum Gasteiger partial charge on any atom is -0.494 e. The normalized spacial score (nSPS) is 15.5. The molecule has 9 heteroatoms. The first-order valence-electron chi connectivity index (χ1n) is 10.3. The number of hydrogen-bond donors (Lipinski definition) is 0. The molecule has 31 heavy (non-hydrogen) atoms. The third-order valence-corrected chi connectivity index (χ3v) is 6.95. The van der Waals surface area contributed by atoms with Gasteiger partial charge in [0.15, 0.2) is 0 Å². The average Bonchev–Trinajstić information content (AvgIpc) is 2.78. The SMILES string of the molecule is CCOC(=O)c1ccc(S(=O)(=O)N2CCN(CCCOc3ccc(F)cc3)CC2)cc1. The van der Waals surface area contributed by atoms with Crippen molar-refractivity contribution in [1.82, 2.24) is 9.21 Å². The standard InChI is InChI=1S/C22H27FN2O5S/c1-2-29-22(26)18-4-10-21(11-5-18)31(27,28)25-15-13-24(14-16-25)12-3-17-30-20-8-6-19(23)7-9-20/h4-11H,2-3,12-17H2,1H3. The van der Waals surface area contributed by atoms with Crippen molar-refractivity contribution in [3.63, 3.8) is 0 Å². The lowest BCUT2D eigenvalue weighted by Crippen LogP contribution is -2.48. The smallest absolute Gasteiger partial charge is 0.338 e. The summed E-state index contributed by atoms with van der Waals surface area (Å²) in [6, 6.07) is 11.8. The number of piperazine rings is 1. The number of benzene rings is 2. The van der Waals surface area contributed by atoms with Crippen LogP contribution in [-0.2, 0) is 14.8 Å². The van der Waals surface area contributed by atoms with Gasteiger partial charge >= 0.3 is 5.97 Å². The number of halogens is 1. The van der Waals surface area contributed by atoms with Gasteiger partial charge in [-0.15, -0.1) is 0 Å². The molecular formula is C22H27FN2O5S. The summed E-state index contributed by atoms with van der Waals surface area (Å²) in [5.74, 6) is -0.134. The van der Waals surface area contributed by atoms with Crippen LogP contribution in [0.25, 0.3) is 0 Å². The second-order valence-corrected chi connectivity index (χ2v) is 9.08. The van der Waals surface area contributed by atoms with E-state index in [-0.39, 0.29) is 17.3 Å². The minimum atomic E-state index is -3.61. The molecule has 0 atom stereocenters. The number of carbonyl (C=O) groups excluding carboxylic acids is 1. The Kier molecular flexibility index (Phi) is 8.00. The summed E-state index contributed by atoms with van der Waals surface area (Å²) in [7, 11) is -3.61. The molecule has 1 aliphatic heterocycles. The monoisotopic (exact) mass is 450 g/mol. The largest absolute Gasteiger partial charge is 0.494 e. The van der Waals surface area contributed by atoms with E-state index in [9.17, 15) is 17.6 Å². The average molecular weight is 451 g/mol. The van der Waals surface area contributed by atoms with Crippen LogP contribution in [0.4, 0.5) is 4.39 Å². The first-order chi connectivity index (χ1) is 14.9. The van der Waals surface area contributed by atoms with Crippen LogP contribution in [0.15, 0.2) is 53.4 Å². The second-order valence-electron chi connectivity index (χ2n) is 7.15. The third kappa shape index (κ3) is 6.25. The third-order valence-electron chi connectivity index (χ3n) is 5.04. The van der Waals surface area contributed by atoms with Gasteiger partial charge in [-0.25, -0.2) is 17.6 Å². The predicted molar refractivity (Wildman–Crippen MR) is 114 cm³/mol. The molecule has 0 N–H and O–H groups in total. The van der Waals surface area contributed by atoms with Gasteiger partial charge in [0.05, 0.1) is 23.7 Å². The number of hydrogen-bond acceptors (Lipinski definition) is 6. The van der Waals surface area contributed by atoms with Crippen LogP contribution in [0.5, 0.6) is 5.75 Å². The minimum absolute atomic E-state index is 0.168. The van der Waals surface area contributed by atoms with E-state index in [1.807, 2.05) is 0 Å². The first-order valence-corrected chi connectivity index (χ1v) is 11.7. The molecule has 0 amide bonds. The molecule has 1 saturated heterocycles. The Labute approximate surface area is 182 Å². The van der Waals surface area contributed by atoms with Gasteiger partial charge in [-0.05, 0) is 61.9 Å².